The molecule has 0 aliphatic rings. The van der Waals surface area contributed by atoms with Gasteiger partial charge in [0, 0.05) is 22.7 Å². The number of nitrogens with zero attached hydrogens (tertiary/aromatic N) is 1. The van der Waals surface area contributed by atoms with E-state index < -0.39 is 12.6 Å². The van der Waals surface area contributed by atoms with Crippen molar-refractivity contribution in [3.63, 3.8) is 0 Å². The van der Waals surface area contributed by atoms with E-state index in [9.17, 15) is 9.59 Å². The Morgan fingerprint density at radius 1 is 1.11 bits per heavy atom. The Morgan fingerprint density at radius 2 is 1.86 bits per heavy atom. The number of carboxylic acid groups (broad SMARTS) is 1. The molecule has 2 N–H and O–H groups in total. The van der Waals surface area contributed by atoms with E-state index in [-0.39, 0.29) is 5.91 Å². The predicted molar refractivity (Wildman–Crippen MR) is 105 cm³/mol. The van der Waals surface area contributed by atoms with E-state index in [1.165, 1.54) is 0 Å². The standard InChI is InChI=1S/C20H18N2O5S/c1-13-21-16(12-28-13)10-26-17-6-2-4-14(8-17)20(25)22-15-5-3-7-18(9-15)27-11-19(23)24/h2-9,12H,10-11H2,1H3,(H,22,25)(H,23,24). The average Bonchev–Trinajstić information content (AvgIpc) is 3.10. The van der Waals surface area contributed by atoms with Gasteiger partial charge in [-0.25, -0.2) is 9.78 Å². The van der Waals surface area contributed by atoms with Crippen molar-refractivity contribution in [2.24, 2.45) is 0 Å². The molecule has 0 radical (unpaired) electrons. The summed E-state index contributed by atoms with van der Waals surface area (Å²) >= 11 is 1.56. The number of carbonyl (C=O) groups excluding carboxylic acids is 1. The Kier molecular flexibility index (Phi) is 6.23. The fourth-order valence-corrected chi connectivity index (χ4v) is 2.97. The molecule has 1 aromatic heterocycles. The number of aryl methyl sites for hydroxylation is 1. The topological polar surface area (TPSA) is 97.8 Å². The van der Waals surface area contributed by atoms with Crippen LogP contribution in [0.3, 0.4) is 0 Å². The van der Waals surface area contributed by atoms with E-state index in [0.29, 0.717) is 29.4 Å². The van der Waals surface area contributed by atoms with E-state index in [1.807, 2.05) is 12.3 Å². The number of ether oxygens (including phenoxy) is 2. The summed E-state index contributed by atoms with van der Waals surface area (Å²) in [4.78, 5) is 27.4. The zero-order valence-electron chi connectivity index (χ0n) is 15.0. The molecule has 0 saturated carbocycles. The highest BCUT2D eigenvalue weighted by Crippen LogP contribution is 2.20. The van der Waals surface area contributed by atoms with Crippen LogP contribution in [0, 0.1) is 6.92 Å². The highest BCUT2D eigenvalue weighted by Gasteiger charge is 2.09. The average molecular weight is 398 g/mol. The van der Waals surface area contributed by atoms with Crippen molar-refractivity contribution in [2.75, 3.05) is 11.9 Å². The van der Waals surface area contributed by atoms with E-state index in [0.717, 1.165) is 10.7 Å². The van der Waals surface area contributed by atoms with Crippen molar-refractivity contribution in [2.45, 2.75) is 13.5 Å². The highest BCUT2D eigenvalue weighted by molar-refractivity contribution is 7.09. The summed E-state index contributed by atoms with van der Waals surface area (Å²) in [6.07, 6.45) is 0. The lowest BCUT2D eigenvalue weighted by molar-refractivity contribution is -0.139. The lowest BCUT2D eigenvalue weighted by atomic mass is 10.2. The molecule has 0 fully saturated rings. The number of thiazole rings is 1. The zero-order chi connectivity index (χ0) is 19.9. The van der Waals surface area contributed by atoms with E-state index in [2.05, 4.69) is 10.3 Å². The van der Waals surface area contributed by atoms with Gasteiger partial charge in [-0.05, 0) is 37.3 Å². The van der Waals surface area contributed by atoms with Crippen LogP contribution < -0.4 is 14.8 Å². The second-order valence-electron chi connectivity index (χ2n) is 5.84. The van der Waals surface area contributed by atoms with Crippen molar-refractivity contribution in [3.05, 3.63) is 70.2 Å². The number of carbonyl (C=O) groups is 2. The number of amides is 1. The van der Waals surface area contributed by atoms with Crippen molar-refractivity contribution in [1.82, 2.24) is 4.98 Å². The summed E-state index contributed by atoms with van der Waals surface area (Å²) in [5.41, 5.74) is 1.77. The first-order valence-electron chi connectivity index (χ1n) is 8.39. The van der Waals surface area contributed by atoms with Crippen molar-refractivity contribution >= 4 is 28.9 Å². The van der Waals surface area contributed by atoms with Crippen LogP contribution in [0.25, 0.3) is 0 Å². The van der Waals surface area contributed by atoms with Gasteiger partial charge in [0.05, 0.1) is 10.7 Å². The number of aliphatic carboxylic acids is 1. The molecule has 28 heavy (non-hydrogen) atoms. The van der Waals surface area contributed by atoms with Crippen molar-refractivity contribution < 1.29 is 24.2 Å². The molecule has 0 aliphatic heterocycles. The fourth-order valence-electron chi connectivity index (χ4n) is 2.37. The number of hydrogen-bond donors (Lipinski definition) is 2. The van der Waals surface area contributed by atoms with Crippen molar-refractivity contribution in [3.8, 4) is 11.5 Å². The lowest BCUT2D eigenvalue weighted by Gasteiger charge is -2.09. The van der Waals surface area contributed by atoms with Gasteiger partial charge >= 0.3 is 5.97 Å². The second-order valence-corrected chi connectivity index (χ2v) is 6.90. The fraction of sp³-hybridized carbons (Fsp3) is 0.150. The molecule has 7 nitrogen and oxygen atoms in total. The molecule has 3 rings (SSSR count). The molecule has 0 atom stereocenters. The third-order valence-electron chi connectivity index (χ3n) is 3.60. The summed E-state index contributed by atoms with van der Waals surface area (Å²) in [5, 5.41) is 14.3. The Balaban J connectivity index is 1.62. The van der Waals surface area contributed by atoms with E-state index >= 15 is 0 Å². The Bertz CT molecular complexity index is 986. The molecular formula is C20H18N2O5S. The normalized spacial score (nSPS) is 10.3. The first-order chi connectivity index (χ1) is 13.5. The molecule has 1 amide bonds. The molecule has 0 spiro atoms. The van der Waals surface area contributed by atoms with Gasteiger partial charge in [0.1, 0.15) is 18.1 Å². The van der Waals surface area contributed by atoms with Crippen LogP contribution in [0.2, 0.25) is 0 Å². The Morgan fingerprint density at radius 3 is 2.57 bits per heavy atom. The summed E-state index contributed by atoms with van der Waals surface area (Å²) in [6.45, 7) is 1.81. The van der Waals surface area contributed by atoms with Gasteiger partial charge in [-0.15, -0.1) is 11.3 Å². The molecule has 8 heteroatoms. The first kappa shape index (κ1) is 19.4. The monoisotopic (exact) mass is 398 g/mol. The molecule has 0 bridgehead atoms. The van der Waals surface area contributed by atoms with Crippen LogP contribution in [0.4, 0.5) is 5.69 Å². The molecular weight excluding hydrogens is 380 g/mol. The van der Waals surface area contributed by atoms with Crippen LogP contribution in [-0.2, 0) is 11.4 Å². The van der Waals surface area contributed by atoms with Gasteiger partial charge in [0.2, 0.25) is 0 Å². The highest BCUT2D eigenvalue weighted by atomic mass is 32.1. The van der Waals surface area contributed by atoms with Gasteiger partial charge in [0.25, 0.3) is 5.91 Å². The zero-order valence-corrected chi connectivity index (χ0v) is 15.9. The van der Waals surface area contributed by atoms with E-state index in [1.54, 1.807) is 59.9 Å². The summed E-state index contributed by atoms with van der Waals surface area (Å²) in [5.74, 6) is -0.461. The SMILES string of the molecule is Cc1nc(COc2cccc(C(=O)Nc3cccc(OCC(=O)O)c3)c2)cs1. The van der Waals surface area contributed by atoms with Crippen LogP contribution in [-0.4, -0.2) is 28.6 Å². The smallest absolute Gasteiger partial charge is 0.341 e. The first-order valence-corrected chi connectivity index (χ1v) is 9.27. The quantitative estimate of drug-likeness (QED) is 0.600. The maximum absolute atomic E-state index is 12.5. The number of aromatic nitrogens is 1. The van der Waals surface area contributed by atoms with Crippen LogP contribution in [0.5, 0.6) is 11.5 Å². The third kappa shape index (κ3) is 5.55. The number of rotatable bonds is 8. The van der Waals surface area contributed by atoms with Crippen LogP contribution in [0.1, 0.15) is 21.1 Å². The minimum absolute atomic E-state index is 0.315. The second kappa shape index (κ2) is 9.01. The van der Waals surface area contributed by atoms with Gasteiger partial charge in [-0.1, -0.05) is 12.1 Å². The minimum Gasteiger partial charge on any atom is -0.487 e. The molecule has 2 aromatic carbocycles. The molecule has 144 valence electrons. The molecule has 0 saturated heterocycles. The third-order valence-corrected chi connectivity index (χ3v) is 4.43. The summed E-state index contributed by atoms with van der Waals surface area (Å²) in [6, 6.07) is 13.4. The molecule has 0 aliphatic carbocycles. The number of nitrogens with one attached hydrogen (secondary N) is 1. The van der Waals surface area contributed by atoms with Gasteiger partial charge in [0.15, 0.2) is 6.61 Å². The molecule has 1 heterocycles. The van der Waals surface area contributed by atoms with Crippen LogP contribution >= 0.6 is 11.3 Å². The van der Waals surface area contributed by atoms with E-state index in [4.69, 9.17) is 14.6 Å². The van der Waals surface area contributed by atoms with Crippen molar-refractivity contribution in [1.29, 1.82) is 0 Å². The minimum atomic E-state index is -1.07. The number of hydrogen-bond acceptors (Lipinski definition) is 6. The summed E-state index contributed by atoms with van der Waals surface area (Å²) < 4.78 is 10.8. The number of benzene rings is 2. The lowest BCUT2D eigenvalue weighted by Crippen LogP contribution is -2.13. The number of carboxylic acids is 1. The summed E-state index contributed by atoms with van der Waals surface area (Å²) in [7, 11) is 0. The van der Waals surface area contributed by atoms with Gasteiger partial charge < -0.3 is 19.9 Å². The predicted octanol–water partition coefficient (Wildman–Crippen LogP) is 3.75. The maximum atomic E-state index is 12.5. The Hall–Kier alpha value is -3.39. The maximum Gasteiger partial charge on any atom is 0.341 e. The van der Waals surface area contributed by atoms with Gasteiger partial charge in [-0.2, -0.15) is 0 Å². The largest absolute Gasteiger partial charge is 0.487 e. The molecule has 0 unspecified atom stereocenters. The Labute approximate surface area is 165 Å². The van der Waals surface area contributed by atoms with Crippen LogP contribution in [0.15, 0.2) is 53.9 Å². The molecule has 3 aromatic rings. The van der Waals surface area contributed by atoms with Gasteiger partial charge in [-0.3, -0.25) is 4.79 Å². The number of anilines is 1.